The monoisotopic (exact) mass is 497 g/mol. The molecule has 0 aromatic heterocycles. The lowest BCUT2D eigenvalue weighted by Gasteiger charge is -2.13. The van der Waals surface area contributed by atoms with Gasteiger partial charge in [-0.3, -0.25) is 14.9 Å². The molecule has 2 rings (SSSR count). The molecule has 30 heavy (non-hydrogen) atoms. The molecule has 0 aliphatic carbocycles. The van der Waals surface area contributed by atoms with Crippen LogP contribution in [-0.4, -0.2) is 24.6 Å². The number of esters is 1. The summed E-state index contributed by atoms with van der Waals surface area (Å²) in [6.07, 6.45) is 2.75. The number of ether oxygens (including phenoxy) is 3. The highest BCUT2D eigenvalue weighted by molar-refractivity contribution is 9.10. The van der Waals surface area contributed by atoms with E-state index in [0.29, 0.717) is 35.1 Å². The van der Waals surface area contributed by atoms with Crippen molar-refractivity contribution in [2.24, 2.45) is 0 Å². The van der Waals surface area contributed by atoms with Crippen molar-refractivity contribution in [3.63, 3.8) is 0 Å². The molecule has 7 nitrogen and oxygen atoms in total. The molecule has 2 aromatic rings. The second-order valence-electron chi connectivity index (χ2n) is 6.38. The number of nitrogens with zero attached hydrogens (tertiary/aromatic N) is 1. The Bertz CT molecular complexity index is 976. The number of carbonyl (C=O) groups is 1. The van der Waals surface area contributed by atoms with Crippen molar-refractivity contribution >= 4 is 39.6 Å². The average Bonchev–Trinajstić information content (AvgIpc) is 2.72. The number of nitro groups is 1. The Morgan fingerprint density at radius 3 is 2.63 bits per heavy atom. The van der Waals surface area contributed by atoms with Gasteiger partial charge >= 0.3 is 5.97 Å². The highest BCUT2D eigenvalue weighted by Crippen LogP contribution is 2.35. The lowest BCUT2D eigenvalue weighted by Crippen LogP contribution is -2.11. The number of benzene rings is 2. The number of hydrogen-bond acceptors (Lipinski definition) is 6. The maximum Gasteiger partial charge on any atom is 0.311 e. The van der Waals surface area contributed by atoms with Crippen LogP contribution in [0.15, 0.2) is 34.9 Å². The van der Waals surface area contributed by atoms with Crippen LogP contribution in [0.4, 0.5) is 0 Å². The maximum atomic E-state index is 12.1. The van der Waals surface area contributed by atoms with Gasteiger partial charge < -0.3 is 14.2 Å². The molecular formula is C21H21BrClNO6. The molecule has 0 unspecified atom stereocenters. The third-order valence-electron chi connectivity index (χ3n) is 4.15. The van der Waals surface area contributed by atoms with Gasteiger partial charge in [-0.1, -0.05) is 17.7 Å². The van der Waals surface area contributed by atoms with E-state index in [4.69, 9.17) is 25.8 Å². The van der Waals surface area contributed by atoms with E-state index in [2.05, 4.69) is 15.9 Å². The first-order valence-electron chi connectivity index (χ1n) is 9.01. The molecule has 0 bridgehead atoms. The molecule has 160 valence electrons. The Labute approximate surface area is 187 Å². The molecular weight excluding hydrogens is 478 g/mol. The Balaban J connectivity index is 1.90. The molecule has 2 aromatic carbocycles. The summed E-state index contributed by atoms with van der Waals surface area (Å²) in [7, 11) is 1.43. The van der Waals surface area contributed by atoms with Crippen molar-refractivity contribution in [1.82, 2.24) is 0 Å². The number of halogens is 2. The molecule has 0 saturated heterocycles. The van der Waals surface area contributed by atoms with E-state index < -0.39 is 10.9 Å². The van der Waals surface area contributed by atoms with Gasteiger partial charge in [-0.15, -0.1) is 0 Å². The van der Waals surface area contributed by atoms with Gasteiger partial charge in [0.2, 0.25) is 6.20 Å². The molecule has 0 amide bonds. The van der Waals surface area contributed by atoms with Gasteiger partial charge in [0.05, 0.1) is 23.1 Å². The smallest absolute Gasteiger partial charge is 0.311 e. The van der Waals surface area contributed by atoms with E-state index in [0.717, 1.165) is 21.8 Å². The second-order valence-corrected chi connectivity index (χ2v) is 7.55. The predicted molar refractivity (Wildman–Crippen MR) is 118 cm³/mol. The van der Waals surface area contributed by atoms with Crippen molar-refractivity contribution in [2.45, 2.75) is 26.7 Å². The van der Waals surface area contributed by atoms with Crippen LogP contribution >= 0.6 is 27.5 Å². The summed E-state index contributed by atoms with van der Waals surface area (Å²) >= 11 is 9.68. The Hall–Kier alpha value is -2.58. The topological polar surface area (TPSA) is 87.9 Å². The number of rotatable bonds is 9. The first-order chi connectivity index (χ1) is 14.2. The van der Waals surface area contributed by atoms with Crippen molar-refractivity contribution in [3.8, 4) is 17.2 Å². The third-order valence-corrected chi connectivity index (χ3v) is 5.72. The Morgan fingerprint density at radius 2 is 1.97 bits per heavy atom. The second kappa shape index (κ2) is 11.0. The summed E-state index contributed by atoms with van der Waals surface area (Å²) in [5.74, 6) is 0.783. The fourth-order valence-electron chi connectivity index (χ4n) is 2.60. The summed E-state index contributed by atoms with van der Waals surface area (Å²) in [4.78, 5) is 22.0. The molecule has 0 radical (unpaired) electrons. The van der Waals surface area contributed by atoms with Gasteiger partial charge in [-0.25, -0.2) is 0 Å². The van der Waals surface area contributed by atoms with Crippen LogP contribution in [-0.2, 0) is 4.79 Å². The summed E-state index contributed by atoms with van der Waals surface area (Å²) in [6, 6.07) is 6.52. The molecule has 0 N–H and O–H groups in total. The van der Waals surface area contributed by atoms with Crippen LogP contribution in [0.25, 0.3) is 6.08 Å². The quantitative estimate of drug-likeness (QED) is 0.144. The number of aryl methyl sites for hydroxylation is 1. The number of methoxy groups -OCH3 is 1. The van der Waals surface area contributed by atoms with Crippen LogP contribution in [0.2, 0.25) is 5.02 Å². The first kappa shape index (κ1) is 23.7. The zero-order chi connectivity index (χ0) is 22.3. The minimum absolute atomic E-state index is 0.148. The standard InChI is InChI=1S/C21H21BrClNO6/c1-13-11-18(20(22)14(2)21(13)23)29-10-4-5-19(25)30-16-7-6-15(8-9-24(26)27)12-17(16)28-3/h6-9,11-12H,4-5,10H2,1-3H3/b9-8+. The van der Waals surface area contributed by atoms with Crippen LogP contribution in [0.1, 0.15) is 29.5 Å². The van der Waals surface area contributed by atoms with Crippen LogP contribution in [0.3, 0.4) is 0 Å². The molecule has 0 aliphatic heterocycles. The summed E-state index contributed by atoms with van der Waals surface area (Å²) < 4.78 is 17.1. The van der Waals surface area contributed by atoms with E-state index in [1.54, 1.807) is 12.1 Å². The van der Waals surface area contributed by atoms with E-state index >= 15 is 0 Å². The minimum atomic E-state index is -0.562. The van der Waals surface area contributed by atoms with E-state index in [1.165, 1.54) is 19.3 Å². The Morgan fingerprint density at radius 1 is 1.23 bits per heavy atom. The largest absolute Gasteiger partial charge is 0.493 e. The minimum Gasteiger partial charge on any atom is -0.493 e. The van der Waals surface area contributed by atoms with Crippen LogP contribution < -0.4 is 14.2 Å². The predicted octanol–water partition coefficient (Wildman–Crippen LogP) is 5.74. The summed E-state index contributed by atoms with van der Waals surface area (Å²) in [5.41, 5.74) is 2.36. The van der Waals surface area contributed by atoms with Crippen molar-refractivity contribution in [1.29, 1.82) is 0 Å². The average molecular weight is 499 g/mol. The highest BCUT2D eigenvalue weighted by Gasteiger charge is 2.13. The normalized spacial score (nSPS) is 10.8. The van der Waals surface area contributed by atoms with E-state index in [1.807, 2.05) is 19.9 Å². The molecule has 9 heteroatoms. The van der Waals surface area contributed by atoms with Gasteiger partial charge in [0.1, 0.15) is 5.75 Å². The maximum absolute atomic E-state index is 12.1. The van der Waals surface area contributed by atoms with Gasteiger partial charge in [0, 0.05) is 17.5 Å². The molecule has 0 spiro atoms. The zero-order valence-corrected chi connectivity index (χ0v) is 19.1. The van der Waals surface area contributed by atoms with Gasteiger partial charge in [-0.2, -0.15) is 0 Å². The van der Waals surface area contributed by atoms with E-state index in [-0.39, 0.29) is 12.2 Å². The van der Waals surface area contributed by atoms with Crippen molar-refractivity contribution < 1.29 is 23.9 Å². The lowest BCUT2D eigenvalue weighted by atomic mass is 10.1. The first-order valence-corrected chi connectivity index (χ1v) is 10.2. The zero-order valence-electron chi connectivity index (χ0n) is 16.7. The lowest BCUT2D eigenvalue weighted by molar-refractivity contribution is -0.400. The number of hydrogen-bond donors (Lipinski definition) is 0. The fourth-order valence-corrected chi connectivity index (χ4v) is 3.29. The van der Waals surface area contributed by atoms with Gasteiger partial charge in [0.25, 0.3) is 0 Å². The Kier molecular flexibility index (Phi) is 8.68. The van der Waals surface area contributed by atoms with Crippen molar-refractivity contribution in [3.05, 3.63) is 66.8 Å². The fraction of sp³-hybridized carbons (Fsp3) is 0.286. The van der Waals surface area contributed by atoms with Crippen molar-refractivity contribution in [2.75, 3.05) is 13.7 Å². The number of carbonyl (C=O) groups excluding carboxylic acids is 1. The SMILES string of the molecule is COc1cc(/C=C/[N+](=O)[O-])ccc1OC(=O)CCCOc1cc(C)c(Cl)c(C)c1Br. The third kappa shape index (κ3) is 6.47. The summed E-state index contributed by atoms with van der Waals surface area (Å²) in [5, 5.41) is 11.1. The van der Waals surface area contributed by atoms with Gasteiger partial charge in [-0.05, 0) is 71.1 Å². The van der Waals surface area contributed by atoms with Gasteiger partial charge in [0.15, 0.2) is 11.5 Å². The van der Waals surface area contributed by atoms with E-state index in [9.17, 15) is 14.9 Å². The highest BCUT2D eigenvalue weighted by atomic mass is 79.9. The molecule has 0 atom stereocenters. The molecule has 0 saturated carbocycles. The summed E-state index contributed by atoms with van der Waals surface area (Å²) in [6.45, 7) is 4.13. The molecule has 0 heterocycles. The molecule has 0 aliphatic rings. The van der Waals surface area contributed by atoms with Crippen LogP contribution in [0.5, 0.6) is 17.2 Å². The molecule has 0 fully saturated rings. The van der Waals surface area contributed by atoms with Crippen LogP contribution in [0, 0.1) is 24.0 Å².